The fraction of sp³-hybridized carbons (Fsp3) is 0.304. The van der Waals surface area contributed by atoms with Gasteiger partial charge in [-0.25, -0.2) is 18.1 Å². The third-order valence-electron chi connectivity index (χ3n) is 4.49. The number of carbonyl (C=O) groups excluding carboxylic acids is 1. The largest absolute Gasteiger partial charge is 0.486 e. The van der Waals surface area contributed by atoms with Gasteiger partial charge in [-0.3, -0.25) is 4.79 Å². The first-order chi connectivity index (χ1) is 15.2. The highest BCUT2D eigenvalue weighted by Crippen LogP contribution is 2.20. The molecule has 2 N–H and O–H groups in total. The van der Waals surface area contributed by atoms with Gasteiger partial charge in [0.1, 0.15) is 12.4 Å². The molecule has 32 heavy (non-hydrogen) atoms. The van der Waals surface area contributed by atoms with Crippen LogP contribution in [0.3, 0.4) is 0 Å². The number of hydrogen-bond acceptors (Lipinski definition) is 6. The molecule has 0 saturated carbocycles. The van der Waals surface area contributed by atoms with Crippen LogP contribution in [0.25, 0.3) is 0 Å². The molecular weight excluding hydrogens is 446 g/mol. The lowest BCUT2D eigenvalue weighted by molar-refractivity contribution is 0.0946. The highest BCUT2D eigenvalue weighted by Gasteiger charge is 2.17. The van der Waals surface area contributed by atoms with Gasteiger partial charge in [0.15, 0.2) is 0 Å². The molecule has 0 radical (unpaired) electrons. The maximum absolute atomic E-state index is 12.9. The zero-order chi connectivity index (χ0) is 23.1. The van der Waals surface area contributed by atoms with Crippen LogP contribution in [-0.4, -0.2) is 25.4 Å². The van der Waals surface area contributed by atoms with E-state index in [1.54, 1.807) is 61.6 Å². The molecule has 0 aliphatic rings. The number of para-hydroxylation sites is 1. The molecule has 0 fully saturated rings. The van der Waals surface area contributed by atoms with Gasteiger partial charge in [0.2, 0.25) is 10.0 Å². The first-order valence-corrected chi connectivity index (χ1v) is 12.7. The summed E-state index contributed by atoms with van der Waals surface area (Å²) in [6.45, 7) is 5.96. The molecule has 9 heteroatoms. The van der Waals surface area contributed by atoms with E-state index in [1.165, 1.54) is 0 Å². The van der Waals surface area contributed by atoms with Gasteiger partial charge in [-0.1, -0.05) is 36.4 Å². The maximum atomic E-state index is 12.9. The Labute approximate surface area is 192 Å². The molecule has 170 valence electrons. The molecule has 0 saturated heterocycles. The van der Waals surface area contributed by atoms with Gasteiger partial charge in [0.05, 0.1) is 22.0 Å². The van der Waals surface area contributed by atoms with Gasteiger partial charge < -0.3 is 10.1 Å². The molecule has 3 rings (SSSR count). The predicted molar refractivity (Wildman–Crippen MR) is 126 cm³/mol. The Bertz CT molecular complexity index is 1170. The van der Waals surface area contributed by atoms with Crippen LogP contribution in [0.5, 0.6) is 5.75 Å². The second kappa shape index (κ2) is 10.7. The zero-order valence-corrected chi connectivity index (χ0v) is 19.9. The highest BCUT2D eigenvalue weighted by molar-refractivity contribution is 7.88. The summed E-state index contributed by atoms with van der Waals surface area (Å²) in [5.74, 6) is 0.0185. The minimum absolute atomic E-state index is 0.149. The SMILES string of the molecule is Cc1nc(COc2ccccc2C(=O)NCc2ccccc2CS(=O)(=O)NC(C)C)cs1. The van der Waals surface area contributed by atoms with E-state index in [9.17, 15) is 13.2 Å². The Morgan fingerprint density at radius 3 is 2.47 bits per heavy atom. The Balaban J connectivity index is 1.68. The minimum atomic E-state index is -3.47. The van der Waals surface area contributed by atoms with Crippen LogP contribution >= 0.6 is 11.3 Å². The number of carbonyl (C=O) groups is 1. The van der Waals surface area contributed by atoms with Crippen molar-refractivity contribution in [2.24, 2.45) is 0 Å². The van der Waals surface area contributed by atoms with Gasteiger partial charge >= 0.3 is 0 Å². The molecule has 1 heterocycles. The summed E-state index contributed by atoms with van der Waals surface area (Å²) in [4.78, 5) is 17.2. The van der Waals surface area contributed by atoms with E-state index in [-0.39, 0.29) is 30.9 Å². The quantitative estimate of drug-likeness (QED) is 0.467. The number of sulfonamides is 1. The summed E-state index contributed by atoms with van der Waals surface area (Å²) >= 11 is 1.55. The third kappa shape index (κ3) is 6.88. The summed E-state index contributed by atoms with van der Waals surface area (Å²) in [6, 6.07) is 14.0. The van der Waals surface area contributed by atoms with Gasteiger partial charge in [0.25, 0.3) is 5.91 Å². The average Bonchev–Trinajstić information content (AvgIpc) is 3.15. The van der Waals surface area contributed by atoms with E-state index < -0.39 is 10.0 Å². The molecule has 1 amide bonds. The number of nitrogens with one attached hydrogen (secondary N) is 2. The Kier molecular flexibility index (Phi) is 8.00. The molecule has 0 aliphatic carbocycles. The molecule has 0 atom stereocenters. The molecule has 2 aromatic carbocycles. The van der Waals surface area contributed by atoms with Crippen molar-refractivity contribution in [2.45, 2.75) is 45.7 Å². The van der Waals surface area contributed by atoms with Crippen molar-refractivity contribution in [2.75, 3.05) is 0 Å². The van der Waals surface area contributed by atoms with Crippen LogP contribution in [0.15, 0.2) is 53.9 Å². The molecule has 1 aromatic heterocycles. The Hall–Kier alpha value is -2.75. The Morgan fingerprint density at radius 2 is 1.78 bits per heavy atom. The van der Waals surface area contributed by atoms with Crippen molar-refractivity contribution in [1.29, 1.82) is 0 Å². The summed E-state index contributed by atoms with van der Waals surface area (Å²) < 4.78 is 33.1. The van der Waals surface area contributed by atoms with Gasteiger partial charge in [0, 0.05) is 18.0 Å². The average molecular weight is 474 g/mol. The van der Waals surface area contributed by atoms with E-state index >= 15 is 0 Å². The standard InChI is InChI=1S/C23H27N3O4S2/c1-16(2)26-32(28,29)15-19-9-5-4-8-18(19)12-24-23(27)21-10-6-7-11-22(21)30-13-20-14-31-17(3)25-20/h4-11,14,16,26H,12-13,15H2,1-3H3,(H,24,27). The van der Waals surface area contributed by atoms with Gasteiger partial charge in [-0.2, -0.15) is 0 Å². The van der Waals surface area contributed by atoms with E-state index in [4.69, 9.17) is 4.74 Å². The zero-order valence-electron chi connectivity index (χ0n) is 18.3. The van der Waals surface area contributed by atoms with E-state index in [1.807, 2.05) is 24.4 Å². The summed E-state index contributed by atoms with van der Waals surface area (Å²) in [5, 5.41) is 5.76. The number of thiazole rings is 1. The van der Waals surface area contributed by atoms with Crippen LogP contribution < -0.4 is 14.8 Å². The monoisotopic (exact) mass is 473 g/mol. The number of aryl methyl sites for hydroxylation is 1. The normalized spacial score (nSPS) is 11.5. The number of ether oxygens (including phenoxy) is 1. The summed E-state index contributed by atoms with van der Waals surface area (Å²) in [7, 11) is -3.47. The lowest BCUT2D eigenvalue weighted by Crippen LogP contribution is -2.32. The summed E-state index contributed by atoms with van der Waals surface area (Å²) in [5.41, 5.74) is 2.61. The van der Waals surface area contributed by atoms with Crippen molar-refractivity contribution in [3.63, 3.8) is 0 Å². The van der Waals surface area contributed by atoms with Crippen LogP contribution in [0.2, 0.25) is 0 Å². The fourth-order valence-electron chi connectivity index (χ4n) is 3.15. The number of rotatable bonds is 10. The van der Waals surface area contributed by atoms with Gasteiger partial charge in [-0.15, -0.1) is 11.3 Å². The number of hydrogen-bond donors (Lipinski definition) is 2. The lowest BCUT2D eigenvalue weighted by atomic mass is 10.1. The van der Waals surface area contributed by atoms with E-state index in [2.05, 4.69) is 15.0 Å². The molecule has 0 bridgehead atoms. The Morgan fingerprint density at radius 1 is 1.09 bits per heavy atom. The van der Waals surface area contributed by atoms with Crippen molar-refractivity contribution in [1.82, 2.24) is 15.0 Å². The van der Waals surface area contributed by atoms with Crippen molar-refractivity contribution < 1.29 is 17.9 Å². The predicted octanol–water partition coefficient (Wildman–Crippen LogP) is 3.79. The first kappa shape index (κ1) is 23.9. The first-order valence-electron chi connectivity index (χ1n) is 10.2. The third-order valence-corrected chi connectivity index (χ3v) is 6.84. The van der Waals surface area contributed by atoms with Crippen LogP contribution in [0.4, 0.5) is 0 Å². The smallest absolute Gasteiger partial charge is 0.255 e. The van der Waals surface area contributed by atoms with E-state index in [0.717, 1.165) is 16.3 Å². The molecule has 3 aromatic rings. The van der Waals surface area contributed by atoms with Crippen LogP contribution in [0.1, 0.15) is 46.0 Å². The molecule has 0 spiro atoms. The van der Waals surface area contributed by atoms with Crippen LogP contribution in [0, 0.1) is 6.92 Å². The van der Waals surface area contributed by atoms with Crippen molar-refractivity contribution in [3.8, 4) is 5.75 Å². The van der Waals surface area contributed by atoms with Crippen LogP contribution in [-0.2, 0) is 28.9 Å². The topological polar surface area (TPSA) is 97.4 Å². The second-order valence-electron chi connectivity index (χ2n) is 7.63. The van der Waals surface area contributed by atoms with E-state index in [0.29, 0.717) is 16.9 Å². The highest BCUT2D eigenvalue weighted by atomic mass is 32.2. The number of benzene rings is 2. The molecule has 0 aliphatic heterocycles. The minimum Gasteiger partial charge on any atom is -0.486 e. The summed E-state index contributed by atoms with van der Waals surface area (Å²) in [6.07, 6.45) is 0. The van der Waals surface area contributed by atoms with Crippen molar-refractivity contribution in [3.05, 3.63) is 81.3 Å². The fourth-order valence-corrected chi connectivity index (χ4v) is 5.24. The van der Waals surface area contributed by atoms with Gasteiger partial charge in [-0.05, 0) is 44.0 Å². The number of aromatic nitrogens is 1. The second-order valence-corrected chi connectivity index (χ2v) is 10.4. The number of amides is 1. The van der Waals surface area contributed by atoms with Crippen molar-refractivity contribution >= 4 is 27.3 Å². The molecule has 0 unspecified atom stereocenters. The molecular formula is C23H27N3O4S2. The number of nitrogens with zero attached hydrogens (tertiary/aromatic N) is 1. The lowest BCUT2D eigenvalue weighted by Gasteiger charge is -2.14. The molecule has 7 nitrogen and oxygen atoms in total. The maximum Gasteiger partial charge on any atom is 0.255 e.